The summed E-state index contributed by atoms with van der Waals surface area (Å²) in [5.41, 5.74) is -2.77. The zero-order valence-corrected chi connectivity index (χ0v) is 11.3. The van der Waals surface area contributed by atoms with Gasteiger partial charge in [0.05, 0.1) is 16.9 Å². The highest BCUT2D eigenvalue weighted by Gasteiger charge is 2.34. The maximum atomic E-state index is 12.5. The maximum Gasteiger partial charge on any atom is 0.416 e. The lowest BCUT2D eigenvalue weighted by Gasteiger charge is -2.16. The topological polar surface area (TPSA) is 101 Å². The van der Waals surface area contributed by atoms with Gasteiger partial charge in [0.1, 0.15) is 5.56 Å². The summed E-state index contributed by atoms with van der Waals surface area (Å²) in [5, 5.41) is 19.4. The van der Waals surface area contributed by atoms with Crippen molar-refractivity contribution >= 4 is 17.6 Å². The van der Waals surface area contributed by atoms with E-state index < -0.39 is 46.2 Å². The van der Waals surface area contributed by atoms with E-state index >= 15 is 0 Å². The van der Waals surface area contributed by atoms with Gasteiger partial charge in [0.2, 0.25) is 0 Å². The molecule has 0 saturated carbocycles. The highest BCUT2D eigenvalue weighted by atomic mass is 19.4. The molecule has 1 amide bonds. The number of halogens is 3. The van der Waals surface area contributed by atoms with Crippen LogP contribution in [0.15, 0.2) is 18.2 Å². The van der Waals surface area contributed by atoms with Gasteiger partial charge >= 0.3 is 12.1 Å². The molecule has 0 atom stereocenters. The molecule has 7 nitrogen and oxygen atoms in total. The second kappa shape index (κ2) is 6.41. The van der Waals surface area contributed by atoms with Crippen LogP contribution in [0.5, 0.6) is 0 Å². The molecular formula is C12H11F3N2O5. The smallest absolute Gasteiger partial charge is 0.416 e. The summed E-state index contributed by atoms with van der Waals surface area (Å²) in [6.07, 6.45) is -5.17. The first-order valence-corrected chi connectivity index (χ1v) is 5.87. The first-order chi connectivity index (χ1) is 10.0. The molecule has 0 heterocycles. The highest BCUT2D eigenvalue weighted by Crippen LogP contribution is 2.33. The van der Waals surface area contributed by atoms with E-state index in [0.717, 1.165) is 4.90 Å². The molecule has 1 aromatic carbocycles. The number of hydrogen-bond acceptors (Lipinski definition) is 4. The number of hydrogen-bond donors (Lipinski definition) is 1. The molecule has 1 N–H and O–H groups in total. The quantitative estimate of drug-likeness (QED) is 0.662. The van der Waals surface area contributed by atoms with Gasteiger partial charge in [0, 0.05) is 19.7 Å². The van der Waals surface area contributed by atoms with Gasteiger partial charge in [-0.2, -0.15) is 13.2 Å². The Morgan fingerprint density at radius 3 is 2.41 bits per heavy atom. The Labute approximate surface area is 122 Å². The molecule has 1 aromatic rings. The van der Waals surface area contributed by atoms with Crippen LogP contribution in [-0.2, 0) is 11.0 Å². The lowest BCUT2D eigenvalue weighted by molar-refractivity contribution is -0.385. The SMILES string of the molecule is CN(CCC(=O)O)C(=O)c1ccc(C(F)(F)F)cc1[N+](=O)[O-]. The molecule has 0 fully saturated rings. The van der Waals surface area contributed by atoms with Crippen molar-refractivity contribution in [2.24, 2.45) is 0 Å². The van der Waals surface area contributed by atoms with Crippen molar-refractivity contribution in [1.82, 2.24) is 4.90 Å². The summed E-state index contributed by atoms with van der Waals surface area (Å²) in [6, 6.07) is 1.55. The number of rotatable bonds is 5. The lowest BCUT2D eigenvalue weighted by Crippen LogP contribution is -2.29. The van der Waals surface area contributed by atoms with Crippen molar-refractivity contribution in [1.29, 1.82) is 0 Å². The maximum absolute atomic E-state index is 12.5. The summed E-state index contributed by atoms with van der Waals surface area (Å²) in [7, 11) is 1.20. The van der Waals surface area contributed by atoms with Crippen LogP contribution in [0.25, 0.3) is 0 Å². The molecule has 0 spiro atoms. The fourth-order valence-corrected chi connectivity index (χ4v) is 1.61. The van der Waals surface area contributed by atoms with Gasteiger partial charge < -0.3 is 10.0 Å². The number of carboxylic acid groups (broad SMARTS) is 1. The Bertz CT molecular complexity index is 615. The molecule has 0 saturated heterocycles. The van der Waals surface area contributed by atoms with Gasteiger partial charge in [-0.05, 0) is 12.1 Å². The molecule has 10 heteroatoms. The van der Waals surface area contributed by atoms with E-state index in [9.17, 15) is 32.9 Å². The minimum Gasteiger partial charge on any atom is -0.481 e. The molecule has 0 bridgehead atoms. The average molecular weight is 320 g/mol. The summed E-state index contributed by atoms with van der Waals surface area (Å²) >= 11 is 0. The first kappa shape index (κ1) is 17.4. The van der Waals surface area contributed by atoms with Gasteiger partial charge in [-0.1, -0.05) is 0 Å². The Balaban J connectivity index is 3.16. The standard InChI is InChI=1S/C12H11F3N2O5/c1-16(5-4-10(18)19)11(20)8-3-2-7(12(13,14)15)6-9(8)17(21)22/h2-3,6H,4-5H2,1H3,(H,18,19). The summed E-state index contributed by atoms with van der Waals surface area (Å²) in [5.74, 6) is -2.11. The molecule has 22 heavy (non-hydrogen) atoms. The molecule has 0 aliphatic carbocycles. The van der Waals surface area contributed by atoms with Gasteiger partial charge in [-0.3, -0.25) is 19.7 Å². The number of benzene rings is 1. The van der Waals surface area contributed by atoms with E-state index in [4.69, 9.17) is 5.11 Å². The minimum absolute atomic E-state index is 0.230. The number of nitrogens with zero attached hydrogens (tertiary/aromatic N) is 2. The lowest BCUT2D eigenvalue weighted by atomic mass is 10.1. The van der Waals surface area contributed by atoms with Crippen LogP contribution in [0, 0.1) is 10.1 Å². The van der Waals surface area contributed by atoms with Crippen LogP contribution >= 0.6 is 0 Å². The molecule has 120 valence electrons. The molecule has 0 unspecified atom stereocenters. The van der Waals surface area contributed by atoms with Crippen molar-refractivity contribution in [3.05, 3.63) is 39.4 Å². The van der Waals surface area contributed by atoms with E-state index in [1.54, 1.807) is 0 Å². The third-order valence-corrected chi connectivity index (χ3v) is 2.76. The predicted molar refractivity (Wildman–Crippen MR) is 67.3 cm³/mol. The van der Waals surface area contributed by atoms with Gasteiger partial charge in [-0.15, -0.1) is 0 Å². The largest absolute Gasteiger partial charge is 0.481 e. The molecular weight excluding hydrogens is 309 g/mol. The number of carbonyl (C=O) groups is 2. The van der Waals surface area contributed by atoms with Crippen molar-refractivity contribution in [2.45, 2.75) is 12.6 Å². The van der Waals surface area contributed by atoms with E-state index in [1.807, 2.05) is 0 Å². The van der Waals surface area contributed by atoms with Crippen LogP contribution in [0.3, 0.4) is 0 Å². The number of amides is 1. The Morgan fingerprint density at radius 1 is 1.36 bits per heavy atom. The number of aliphatic carboxylic acids is 1. The molecule has 0 aliphatic heterocycles. The fraction of sp³-hybridized carbons (Fsp3) is 0.333. The van der Waals surface area contributed by atoms with Crippen LogP contribution < -0.4 is 0 Å². The van der Waals surface area contributed by atoms with E-state index in [0.29, 0.717) is 12.1 Å². The van der Waals surface area contributed by atoms with E-state index in [2.05, 4.69) is 0 Å². The van der Waals surface area contributed by atoms with E-state index in [-0.39, 0.29) is 12.6 Å². The molecule has 0 radical (unpaired) electrons. The van der Waals surface area contributed by atoms with Crippen LogP contribution in [0.2, 0.25) is 0 Å². The Hall–Kier alpha value is -2.65. The average Bonchev–Trinajstić information content (AvgIpc) is 2.42. The summed E-state index contributed by atoms with van der Waals surface area (Å²) < 4.78 is 37.6. The van der Waals surface area contributed by atoms with Crippen molar-refractivity contribution in [2.75, 3.05) is 13.6 Å². The van der Waals surface area contributed by atoms with Crippen LogP contribution in [0.4, 0.5) is 18.9 Å². The van der Waals surface area contributed by atoms with Gasteiger partial charge in [0.25, 0.3) is 11.6 Å². The number of carbonyl (C=O) groups excluding carboxylic acids is 1. The fourth-order valence-electron chi connectivity index (χ4n) is 1.61. The third kappa shape index (κ3) is 4.17. The monoisotopic (exact) mass is 320 g/mol. The highest BCUT2D eigenvalue weighted by molar-refractivity contribution is 5.98. The Kier molecular flexibility index (Phi) is 5.07. The van der Waals surface area contributed by atoms with Crippen LogP contribution in [0.1, 0.15) is 22.3 Å². The van der Waals surface area contributed by atoms with Crippen LogP contribution in [-0.4, -0.2) is 40.4 Å². The summed E-state index contributed by atoms with van der Waals surface area (Å²) in [6.45, 7) is -0.230. The third-order valence-electron chi connectivity index (χ3n) is 2.76. The predicted octanol–water partition coefficient (Wildman–Crippen LogP) is 2.16. The molecule has 0 aromatic heterocycles. The zero-order chi connectivity index (χ0) is 17.1. The summed E-state index contributed by atoms with van der Waals surface area (Å²) in [4.78, 5) is 33.1. The normalized spacial score (nSPS) is 11.1. The number of alkyl halides is 3. The van der Waals surface area contributed by atoms with E-state index in [1.165, 1.54) is 7.05 Å². The second-order valence-electron chi connectivity index (χ2n) is 4.36. The van der Waals surface area contributed by atoms with Crippen molar-refractivity contribution in [3.8, 4) is 0 Å². The zero-order valence-electron chi connectivity index (χ0n) is 11.3. The minimum atomic E-state index is -4.78. The second-order valence-corrected chi connectivity index (χ2v) is 4.36. The van der Waals surface area contributed by atoms with Gasteiger partial charge in [0.15, 0.2) is 0 Å². The first-order valence-electron chi connectivity index (χ1n) is 5.87. The number of nitro benzene ring substituents is 1. The number of carboxylic acids is 1. The van der Waals surface area contributed by atoms with Crippen molar-refractivity contribution < 1.29 is 32.8 Å². The van der Waals surface area contributed by atoms with Gasteiger partial charge in [-0.25, -0.2) is 0 Å². The Morgan fingerprint density at radius 2 is 1.95 bits per heavy atom. The number of nitro groups is 1. The molecule has 0 aliphatic rings. The van der Waals surface area contributed by atoms with Crippen molar-refractivity contribution in [3.63, 3.8) is 0 Å². The molecule has 1 rings (SSSR count).